The first-order chi connectivity index (χ1) is 13.7. The van der Waals surface area contributed by atoms with E-state index < -0.39 is 0 Å². The zero-order chi connectivity index (χ0) is 19.3. The molecule has 4 rings (SSSR count). The minimum Gasteiger partial charge on any atom is -0.508 e. The van der Waals surface area contributed by atoms with Gasteiger partial charge in [-0.25, -0.2) is 0 Å². The molecule has 3 N–H and O–H groups in total. The quantitative estimate of drug-likeness (QED) is 0.555. The first kappa shape index (κ1) is 18.1. The van der Waals surface area contributed by atoms with E-state index in [9.17, 15) is 5.11 Å². The van der Waals surface area contributed by atoms with Gasteiger partial charge in [-0.1, -0.05) is 0 Å². The highest BCUT2D eigenvalue weighted by Gasteiger charge is 2.18. The highest BCUT2D eigenvalue weighted by molar-refractivity contribution is 5.57. The summed E-state index contributed by atoms with van der Waals surface area (Å²) in [6.45, 7) is 4.12. The van der Waals surface area contributed by atoms with Gasteiger partial charge in [0.2, 0.25) is 17.8 Å². The lowest BCUT2D eigenvalue weighted by molar-refractivity contribution is 0.311. The molecule has 0 unspecified atom stereocenters. The zero-order valence-electron chi connectivity index (χ0n) is 15.7. The van der Waals surface area contributed by atoms with Crippen molar-refractivity contribution in [1.29, 1.82) is 0 Å². The number of anilines is 4. The first-order valence-corrected chi connectivity index (χ1v) is 9.17. The molecular weight excluding hydrogens is 358 g/mol. The summed E-state index contributed by atoms with van der Waals surface area (Å²) in [7, 11) is 2.11. The number of aromatic nitrogens is 3. The fourth-order valence-corrected chi connectivity index (χ4v) is 2.90. The molecule has 0 atom stereocenters. The second-order valence-electron chi connectivity index (χ2n) is 6.68. The van der Waals surface area contributed by atoms with E-state index in [0.29, 0.717) is 24.4 Å². The summed E-state index contributed by atoms with van der Waals surface area (Å²) < 4.78 is 5.36. The Labute approximate surface area is 163 Å². The molecule has 0 spiro atoms. The maximum absolute atomic E-state index is 9.46. The highest BCUT2D eigenvalue weighted by Crippen LogP contribution is 2.21. The summed E-state index contributed by atoms with van der Waals surface area (Å²) in [5.41, 5.74) is 0.783. The number of phenolic OH excluding ortho intramolecular Hbond substituents is 1. The van der Waals surface area contributed by atoms with Crippen LogP contribution in [0.5, 0.6) is 5.75 Å². The number of piperazine rings is 1. The number of likely N-dealkylation sites (N-methyl/N-ethyl adjacent to an activating group) is 1. The molecule has 9 heteroatoms. The summed E-state index contributed by atoms with van der Waals surface area (Å²) in [6.07, 6.45) is 1.64. The molecule has 0 amide bonds. The van der Waals surface area contributed by atoms with Crippen LogP contribution in [0.2, 0.25) is 0 Å². The summed E-state index contributed by atoms with van der Waals surface area (Å²) in [5, 5.41) is 15.8. The lowest BCUT2D eigenvalue weighted by Gasteiger charge is -2.32. The molecule has 1 aliphatic rings. The van der Waals surface area contributed by atoms with E-state index in [1.807, 2.05) is 12.1 Å². The Morgan fingerprint density at radius 3 is 2.46 bits per heavy atom. The van der Waals surface area contributed by atoms with Crippen molar-refractivity contribution < 1.29 is 9.52 Å². The number of nitrogens with zero attached hydrogens (tertiary/aromatic N) is 5. The summed E-state index contributed by atoms with van der Waals surface area (Å²) >= 11 is 0. The van der Waals surface area contributed by atoms with E-state index in [-0.39, 0.29) is 5.75 Å². The molecule has 0 radical (unpaired) electrons. The molecule has 3 aromatic rings. The number of aromatic hydroxyl groups is 1. The van der Waals surface area contributed by atoms with Crippen LogP contribution >= 0.6 is 0 Å². The average Bonchev–Trinajstić information content (AvgIpc) is 3.22. The number of furan rings is 1. The molecule has 1 aromatic carbocycles. The Kier molecular flexibility index (Phi) is 5.24. The third-order valence-corrected chi connectivity index (χ3v) is 4.53. The second kappa shape index (κ2) is 8.13. The predicted octanol–water partition coefficient (Wildman–Crippen LogP) is 2.28. The number of benzene rings is 1. The van der Waals surface area contributed by atoms with Gasteiger partial charge in [0, 0.05) is 31.9 Å². The number of phenols is 1. The van der Waals surface area contributed by atoms with Crippen molar-refractivity contribution in [2.24, 2.45) is 0 Å². The van der Waals surface area contributed by atoms with E-state index in [0.717, 1.165) is 37.6 Å². The predicted molar refractivity (Wildman–Crippen MR) is 107 cm³/mol. The average molecular weight is 381 g/mol. The zero-order valence-corrected chi connectivity index (χ0v) is 15.7. The van der Waals surface area contributed by atoms with Gasteiger partial charge in [-0.3, -0.25) is 0 Å². The smallest absolute Gasteiger partial charge is 0.233 e. The van der Waals surface area contributed by atoms with Crippen molar-refractivity contribution in [1.82, 2.24) is 19.9 Å². The van der Waals surface area contributed by atoms with Gasteiger partial charge < -0.3 is 30.0 Å². The molecule has 3 heterocycles. The van der Waals surface area contributed by atoms with Crippen LogP contribution in [0.25, 0.3) is 0 Å². The van der Waals surface area contributed by atoms with Crippen LogP contribution < -0.4 is 15.5 Å². The molecule has 1 fully saturated rings. The van der Waals surface area contributed by atoms with Gasteiger partial charge in [-0.15, -0.1) is 0 Å². The van der Waals surface area contributed by atoms with Crippen molar-refractivity contribution in [3.05, 3.63) is 48.4 Å². The number of hydrogen-bond acceptors (Lipinski definition) is 9. The van der Waals surface area contributed by atoms with Gasteiger partial charge in [-0.2, -0.15) is 15.0 Å². The molecule has 0 saturated carbocycles. The fourth-order valence-electron chi connectivity index (χ4n) is 2.90. The van der Waals surface area contributed by atoms with E-state index in [1.54, 1.807) is 30.5 Å². The maximum atomic E-state index is 9.46. The van der Waals surface area contributed by atoms with Crippen LogP contribution in [0.3, 0.4) is 0 Å². The Morgan fingerprint density at radius 2 is 1.75 bits per heavy atom. The third-order valence-electron chi connectivity index (χ3n) is 4.53. The molecule has 146 valence electrons. The molecule has 0 bridgehead atoms. The minimum atomic E-state index is 0.208. The summed E-state index contributed by atoms with van der Waals surface area (Å²) in [4.78, 5) is 18.1. The molecule has 2 aromatic heterocycles. The van der Waals surface area contributed by atoms with Gasteiger partial charge in [-0.05, 0) is 43.4 Å². The molecule has 28 heavy (non-hydrogen) atoms. The molecule has 1 saturated heterocycles. The van der Waals surface area contributed by atoms with E-state index in [4.69, 9.17) is 4.42 Å². The van der Waals surface area contributed by atoms with Crippen LogP contribution in [-0.2, 0) is 6.54 Å². The maximum Gasteiger partial charge on any atom is 0.233 e. The normalized spacial score (nSPS) is 14.8. The fraction of sp³-hybridized carbons (Fsp3) is 0.316. The number of nitrogens with one attached hydrogen (secondary N) is 2. The van der Waals surface area contributed by atoms with Gasteiger partial charge in [0.1, 0.15) is 11.5 Å². The standard InChI is InChI=1S/C19H23N7O2/c1-25-8-10-26(11-9-25)19-23-17(20-13-16-3-2-12-28-16)22-18(24-19)21-14-4-6-15(27)7-5-14/h2-7,12,27H,8-11,13H2,1H3,(H2,20,21,22,23,24). The topological polar surface area (TPSA) is 103 Å². The van der Waals surface area contributed by atoms with Crippen LogP contribution in [0, 0.1) is 0 Å². The Morgan fingerprint density at radius 1 is 1.00 bits per heavy atom. The lowest BCUT2D eigenvalue weighted by atomic mass is 10.3. The van der Waals surface area contributed by atoms with Crippen molar-refractivity contribution in [2.45, 2.75) is 6.54 Å². The molecule has 0 aliphatic carbocycles. The number of rotatable bonds is 6. The van der Waals surface area contributed by atoms with E-state index in [1.165, 1.54) is 0 Å². The van der Waals surface area contributed by atoms with Gasteiger partial charge in [0.05, 0.1) is 12.8 Å². The largest absolute Gasteiger partial charge is 0.508 e. The van der Waals surface area contributed by atoms with E-state index >= 15 is 0 Å². The van der Waals surface area contributed by atoms with Gasteiger partial charge >= 0.3 is 0 Å². The second-order valence-corrected chi connectivity index (χ2v) is 6.68. The number of hydrogen-bond donors (Lipinski definition) is 3. The molecule has 9 nitrogen and oxygen atoms in total. The van der Waals surface area contributed by atoms with E-state index in [2.05, 4.69) is 42.4 Å². The van der Waals surface area contributed by atoms with Crippen molar-refractivity contribution in [2.75, 3.05) is 48.8 Å². The van der Waals surface area contributed by atoms with Crippen LogP contribution in [0.15, 0.2) is 47.1 Å². The molecular formula is C19H23N7O2. The van der Waals surface area contributed by atoms with Crippen molar-refractivity contribution >= 4 is 23.5 Å². The van der Waals surface area contributed by atoms with Crippen LogP contribution in [0.1, 0.15) is 5.76 Å². The van der Waals surface area contributed by atoms with Crippen molar-refractivity contribution in [3.8, 4) is 5.75 Å². The van der Waals surface area contributed by atoms with Crippen LogP contribution in [0.4, 0.5) is 23.5 Å². The SMILES string of the molecule is CN1CCN(c2nc(NCc3ccco3)nc(Nc3ccc(O)cc3)n2)CC1. The van der Waals surface area contributed by atoms with Crippen molar-refractivity contribution in [3.63, 3.8) is 0 Å². The third kappa shape index (κ3) is 4.49. The van der Waals surface area contributed by atoms with Gasteiger partial charge in [0.15, 0.2) is 0 Å². The minimum absolute atomic E-state index is 0.208. The lowest BCUT2D eigenvalue weighted by Crippen LogP contribution is -2.45. The summed E-state index contributed by atoms with van der Waals surface area (Å²) in [5.74, 6) is 2.55. The monoisotopic (exact) mass is 381 g/mol. The Hall–Kier alpha value is -3.33. The van der Waals surface area contributed by atoms with Gasteiger partial charge in [0.25, 0.3) is 0 Å². The van der Waals surface area contributed by atoms with Crippen LogP contribution in [-0.4, -0.2) is 58.2 Å². The summed E-state index contributed by atoms with van der Waals surface area (Å²) in [6, 6.07) is 10.5. The molecule has 1 aliphatic heterocycles. The Balaban J connectivity index is 1.56. The Bertz CT molecular complexity index is 891. The first-order valence-electron chi connectivity index (χ1n) is 9.17. The highest BCUT2D eigenvalue weighted by atomic mass is 16.3.